The summed E-state index contributed by atoms with van der Waals surface area (Å²) >= 11 is 0. The lowest BCUT2D eigenvalue weighted by Crippen LogP contribution is -2.41. The van der Waals surface area contributed by atoms with Crippen LogP contribution in [0.25, 0.3) is 0 Å². The van der Waals surface area contributed by atoms with Crippen molar-refractivity contribution in [2.45, 2.75) is 59.4 Å². The molecule has 0 unspecified atom stereocenters. The van der Waals surface area contributed by atoms with E-state index in [4.69, 9.17) is 5.26 Å². The molecule has 0 spiro atoms. The first-order chi connectivity index (χ1) is 8.34. The standard InChI is InChI=1S/C15H24N2O/c1-14(2)12(15(14,3)4)13(18)17(10-9-16)11-7-5-6-8-11/h11-12H,5-8,10H2,1-4H3. The molecular weight excluding hydrogens is 224 g/mol. The summed E-state index contributed by atoms with van der Waals surface area (Å²) in [7, 11) is 0. The van der Waals surface area contributed by atoms with Crippen LogP contribution >= 0.6 is 0 Å². The smallest absolute Gasteiger partial charge is 0.227 e. The van der Waals surface area contributed by atoms with Crippen LogP contribution < -0.4 is 0 Å². The van der Waals surface area contributed by atoms with Crippen molar-refractivity contribution in [3.8, 4) is 6.07 Å². The normalized spacial score (nSPS) is 25.7. The van der Waals surface area contributed by atoms with Crippen molar-refractivity contribution in [2.75, 3.05) is 6.54 Å². The van der Waals surface area contributed by atoms with Crippen LogP contribution in [0.3, 0.4) is 0 Å². The Morgan fingerprint density at radius 2 is 1.72 bits per heavy atom. The van der Waals surface area contributed by atoms with Crippen LogP contribution in [-0.2, 0) is 4.79 Å². The van der Waals surface area contributed by atoms with Crippen molar-refractivity contribution in [1.82, 2.24) is 4.90 Å². The first kappa shape index (κ1) is 13.4. The van der Waals surface area contributed by atoms with E-state index in [1.165, 1.54) is 12.8 Å². The fraction of sp³-hybridized carbons (Fsp3) is 0.867. The summed E-state index contributed by atoms with van der Waals surface area (Å²) in [5.74, 6) is 0.289. The van der Waals surface area contributed by atoms with E-state index in [0.717, 1.165) is 12.8 Å². The van der Waals surface area contributed by atoms with Crippen LogP contribution in [0.1, 0.15) is 53.4 Å². The Kier molecular flexibility index (Phi) is 3.17. The van der Waals surface area contributed by atoms with E-state index in [2.05, 4.69) is 33.8 Å². The highest BCUT2D eigenvalue weighted by Gasteiger charge is 2.69. The molecule has 18 heavy (non-hydrogen) atoms. The van der Waals surface area contributed by atoms with E-state index < -0.39 is 0 Å². The van der Waals surface area contributed by atoms with Gasteiger partial charge in [-0.25, -0.2) is 0 Å². The maximum absolute atomic E-state index is 12.7. The van der Waals surface area contributed by atoms with Gasteiger partial charge >= 0.3 is 0 Å². The van der Waals surface area contributed by atoms with Crippen molar-refractivity contribution < 1.29 is 4.79 Å². The molecule has 0 aliphatic heterocycles. The lowest BCUT2D eigenvalue weighted by Gasteiger charge is -2.27. The highest BCUT2D eigenvalue weighted by Crippen LogP contribution is 2.68. The molecule has 2 aliphatic rings. The molecule has 1 amide bonds. The molecule has 2 rings (SSSR count). The Morgan fingerprint density at radius 3 is 2.11 bits per heavy atom. The Hall–Kier alpha value is -1.04. The highest BCUT2D eigenvalue weighted by molar-refractivity contribution is 5.84. The van der Waals surface area contributed by atoms with E-state index in [1.54, 1.807) is 0 Å². The zero-order valence-electron chi connectivity index (χ0n) is 12.0. The number of carbonyl (C=O) groups is 1. The van der Waals surface area contributed by atoms with Crippen LogP contribution in [0.15, 0.2) is 0 Å². The molecule has 0 N–H and O–H groups in total. The fourth-order valence-electron chi connectivity index (χ4n) is 3.66. The van der Waals surface area contributed by atoms with Crippen LogP contribution in [0, 0.1) is 28.1 Å². The minimum Gasteiger partial charge on any atom is -0.326 e. The van der Waals surface area contributed by atoms with E-state index in [9.17, 15) is 4.79 Å². The maximum atomic E-state index is 12.7. The van der Waals surface area contributed by atoms with Crippen molar-refractivity contribution in [3.63, 3.8) is 0 Å². The highest BCUT2D eigenvalue weighted by atomic mass is 16.2. The molecule has 0 heterocycles. The molecule has 3 nitrogen and oxygen atoms in total. The Labute approximate surface area is 110 Å². The third-order valence-electron chi connectivity index (χ3n) is 5.56. The monoisotopic (exact) mass is 248 g/mol. The summed E-state index contributed by atoms with van der Waals surface area (Å²) in [4.78, 5) is 14.5. The van der Waals surface area contributed by atoms with Gasteiger partial charge in [0.2, 0.25) is 5.91 Å². The van der Waals surface area contributed by atoms with Crippen LogP contribution in [0.5, 0.6) is 0 Å². The molecule has 0 aromatic carbocycles. The van der Waals surface area contributed by atoms with Gasteiger partial charge in [-0.15, -0.1) is 0 Å². The van der Waals surface area contributed by atoms with E-state index in [0.29, 0.717) is 6.04 Å². The predicted molar refractivity (Wildman–Crippen MR) is 70.6 cm³/mol. The molecule has 2 aliphatic carbocycles. The molecule has 0 bridgehead atoms. The number of hydrogen-bond acceptors (Lipinski definition) is 2. The molecule has 0 atom stereocenters. The van der Waals surface area contributed by atoms with Crippen molar-refractivity contribution in [1.29, 1.82) is 5.26 Å². The lowest BCUT2D eigenvalue weighted by atomic mass is 10.0. The summed E-state index contributed by atoms with van der Waals surface area (Å²) in [5, 5.41) is 8.96. The van der Waals surface area contributed by atoms with Gasteiger partial charge in [-0.3, -0.25) is 4.79 Å². The second-order valence-corrected chi connectivity index (χ2v) is 6.94. The van der Waals surface area contributed by atoms with Crippen molar-refractivity contribution in [2.24, 2.45) is 16.7 Å². The minimum atomic E-state index is 0.0659. The molecule has 2 saturated carbocycles. The van der Waals surface area contributed by atoms with Gasteiger partial charge in [0.1, 0.15) is 6.54 Å². The Bertz CT molecular complexity index is 372. The van der Waals surface area contributed by atoms with Gasteiger partial charge in [0.15, 0.2) is 0 Å². The molecule has 100 valence electrons. The average molecular weight is 248 g/mol. The number of amides is 1. The summed E-state index contributed by atoms with van der Waals surface area (Å²) in [6.07, 6.45) is 4.52. The van der Waals surface area contributed by atoms with Gasteiger partial charge in [0.05, 0.1) is 6.07 Å². The largest absolute Gasteiger partial charge is 0.326 e. The van der Waals surface area contributed by atoms with Crippen LogP contribution in [0.2, 0.25) is 0 Å². The summed E-state index contributed by atoms with van der Waals surface area (Å²) in [6.45, 7) is 8.90. The fourth-order valence-corrected chi connectivity index (χ4v) is 3.66. The molecule has 0 saturated heterocycles. The molecule has 0 radical (unpaired) electrons. The van der Waals surface area contributed by atoms with Crippen molar-refractivity contribution >= 4 is 5.91 Å². The van der Waals surface area contributed by atoms with Gasteiger partial charge in [0, 0.05) is 12.0 Å². The maximum Gasteiger partial charge on any atom is 0.227 e. The number of nitriles is 1. The predicted octanol–water partition coefficient (Wildman–Crippen LogP) is 2.96. The number of carbonyl (C=O) groups excluding carboxylic acids is 1. The number of nitrogens with zero attached hydrogens (tertiary/aromatic N) is 2. The lowest BCUT2D eigenvalue weighted by molar-refractivity contribution is -0.135. The zero-order chi connectivity index (χ0) is 13.6. The topological polar surface area (TPSA) is 44.1 Å². The van der Waals surface area contributed by atoms with Crippen molar-refractivity contribution in [3.05, 3.63) is 0 Å². The second kappa shape index (κ2) is 4.26. The number of hydrogen-bond donors (Lipinski definition) is 0. The van der Waals surface area contributed by atoms with E-state index >= 15 is 0 Å². The summed E-state index contributed by atoms with van der Waals surface area (Å²) in [5.41, 5.74) is 0.132. The average Bonchev–Trinajstić information content (AvgIpc) is 2.70. The third-order valence-corrected chi connectivity index (χ3v) is 5.56. The Balaban J connectivity index is 2.13. The first-order valence-corrected chi connectivity index (χ1v) is 7.01. The first-order valence-electron chi connectivity index (χ1n) is 7.01. The summed E-state index contributed by atoms with van der Waals surface area (Å²) < 4.78 is 0. The molecule has 3 heteroatoms. The minimum absolute atomic E-state index is 0.0659. The van der Waals surface area contributed by atoms with Gasteiger partial charge in [-0.05, 0) is 23.7 Å². The second-order valence-electron chi connectivity index (χ2n) is 6.94. The summed E-state index contributed by atoms with van der Waals surface area (Å²) in [6, 6.07) is 2.48. The molecular formula is C15H24N2O. The van der Waals surface area contributed by atoms with Gasteiger partial charge in [-0.2, -0.15) is 5.26 Å². The van der Waals surface area contributed by atoms with Gasteiger partial charge in [0.25, 0.3) is 0 Å². The molecule has 0 aromatic rings. The van der Waals surface area contributed by atoms with E-state index in [1.807, 2.05) is 4.90 Å². The van der Waals surface area contributed by atoms with Gasteiger partial charge in [-0.1, -0.05) is 40.5 Å². The van der Waals surface area contributed by atoms with Gasteiger partial charge < -0.3 is 4.90 Å². The SMILES string of the molecule is CC1(C)C(C(=O)N(CC#N)C2CCCC2)C1(C)C. The van der Waals surface area contributed by atoms with E-state index in [-0.39, 0.29) is 29.2 Å². The third kappa shape index (κ3) is 1.83. The van der Waals surface area contributed by atoms with Crippen LogP contribution in [0.4, 0.5) is 0 Å². The molecule has 2 fully saturated rings. The zero-order valence-corrected chi connectivity index (χ0v) is 12.0. The molecule has 0 aromatic heterocycles. The van der Waals surface area contributed by atoms with Crippen LogP contribution in [-0.4, -0.2) is 23.4 Å². The Morgan fingerprint density at radius 1 is 1.22 bits per heavy atom. The number of rotatable bonds is 3. The quantitative estimate of drug-likeness (QED) is 0.721.